The Morgan fingerprint density at radius 2 is 1.49 bits per heavy atom. The van der Waals surface area contributed by atoms with Gasteiger partial charge in [0.15, 0.2) is 0 Å². The van der Waals surface area contributed by atoms with Crippen LogP contribution in [0.2, 0.25) is 0 Å². The molecule has 1 N–H and O–H groups in total. The molecule has 9 nitrogen and oxygen atoms in total. The fraction of sp³-hybridized carbons (Fsp3) is 0.133. The maximum atomic E-state index is 12.5. The molecule has 4 aromatic carbocycles. The number of hydrogen-bond donors (Lipinski definition) is 1. The molecule has 0 amide bonds. The van der Waals surface area contributed by atoms with Gasteiger partial charge in [-0.2, -0.15) is 5.11 Å². The van der Waals surface area contributed by atoms with Gasteiger partial charge < -0.3 is 24.1 Å². The molecule has 0 heterocycles. The molecule has 0 aromatic heterocycles. The average molecular weight is 526 g/mol. The summed E-state index contributed by atoms with van der Waals surface area (Å²) in [4.78, 5) is 16.9. The van der Waals surface area contributed by atoms with Crippen molar-refractivity contribution in [2.24, 2.45) is 15.2 Å². The molecule has 198 valence electrons. The number of nitrogens with zero attached hydrogens (tertiary/aromatic N) is 3. The fourth-order valence-electron chi connectivity index (χ4n) is 3.44. The Morgan fingerprint density at radius 1 is 0.795 bits per heavy atom. The normalized spacial score (nSPS) is 11.1. The maximum Gasteiger partial charge on any atom is 0.343 e. The van der Waals surface area contributed by atoms with Crippen LogP contribution in [0.5, 0.6) is 28.7 Å². The third-order valence-corrected chi connectivity index (χ3v) is 5.48. The number of rotatable bonds is 10. The molecule has 0 aliphatic heterocycles. The standard InChI is InChI=1S/C30H27N3O6/c1-4-38-24-12-5-20(6-13-24)30(35)39-26-15-16-27(29(18-26)37-3)33-32-23-10-8-22(9-11-23)31-19-21-7-14-25(36-2)17-28(21)34/h5-19,34H,4H2,1-3H3. The van der Waals surface area contributed by atoms with Crippen LogP contribution < -0.4 is 18.9 Å². The highest BCUT2D eigenvalue weighted by molar-refractivity contribution is 5.91. The molecular weight excluding hydrogens is 498 g/mol. The summed E-state index contributed by atoms with van der Waals surface area (Å²) < 4.78 is 21.4. The first kappa shape index (κ1) is 26.9. The first-order valence-electron chi connectivity index (χ1n) is 12.0. The predicted molar refractivity (Wildman–Crippen MR) is 148 cm³/mol. The molecule has 0 radical (unpaired) electrons. The molecule has 0 bridgehead atoms. The zero-order valence-electron chi connectivity index (χ0n) is 21.7. The van der Waals surface area contributed by atoms with Crippen LogP contribution >= 0.6 is 0 Å². The first-order chi connectivity index (χ1) is 19.0. The molecule has 0 atom stereocenters. The van der Waals surface area contributed by atoms with Gasteiger partial charge in [-0.05, 0) is 79.7 Å². The van der Waals surface area contributed by atoms with Crippen molar-refractivity contribution in [3.63, 3.8) is 0 Å². The van der Waals surface area contributed by atoms with Crippen LogP contribution in [0.4, 0.5) is 17.1 Å². The fourth-order valence-corrected chi connectivity index (χ4v) is 3.44. The number of esters is 1. The lowest BCUT2D eigenvalue weighted by atomic mass is 10.2. The van der Waals surface area contributed by atoms with E-state index >= 15 is 0 Å². The van der Waals surface area contributed by atoms with Crippen LogP contribution in [0.1, 0.15) is 22.8 Å². The molecule has 0 aliphatic carbocycles. The molecule has 0 unspecified atom stereocenters. The Labute approximate surface area is 226 Å². The smallest absolute Gasteiger partial charge is 0.343 e. The molecule has 0 fully saturated rings. The minimum Gasteiger partial charge on any atom is -0.507 e. The molecule has 0 saturated carbocycles. The van der Waals surface area contributed by atoms with Gasteiger partial charge in [-0.3, -0.25) is 4.99 Å². The maximum absolute atomic E-state index is 12.5. The van der Waals surface area contributed by atoms with Crippen molar-refractivity contribution in [1.82, 2.24) is 0 Å². The highest BCUT2D eigenvalue weighted by atomic mass is 16.5. The lowest BCUT2D eigenvalue weighted by molar-refractivity contribution is 0.0734. The predicted octanol–water partition coefficient (Wildman–Crippen LogP) is 7.19. The Kier molecular flexibility index (Phi) is 8.87. The Bertz CT molecular complexity index is 1480. The van der Waals surface area contributed by atoms with Crippen LogP contribution in [0.25, 0.3) is 0 Å². The second kappa shape index (κ2) is 12.9. The van der Waals surface area contributed by atoms with E-state index in [0.29, 0.717) is 57.8 Å². The first-order valence-corrected chi connectivity index (χ1v) is 12.0. The van der Waals surface area contributed by atoms with Crippen molar-refractivity contribution in [3.05, 3.63) is 96.1 Å². The van der Waals surface area contributed by atoms with Gasteiger partial charge in [0.05, 0.1) is 37.8 Å². The van der Waals surface area contributed by atoms with Gasteiger partial charge in [0.25, 0.3) is 0 Å². The van der Waals surface area contributed by atoms with Crippen LogP contribution in [0.3, 0.4) is 0 Å². The number of phenolic OH excluding ortho intramolecular Hbond substituents is 1. The molecule has 0 spiro atoms. The van der Waals surface area contributed by atoms with E-state index in [-0.39, 0.29) is 5.75 Å². The molecule has 0 saturated heterocycles. The van der Waals surface area contributed by atoms with E-state index < -0.39 is 5.97 Å². The van der Waals surface area contributed by atoms with Crippen molar-refractivity contribution in [2.75, 3.05) is 20.8 Å². The topological polar surface area (TPSA) is 111 Å². The van der Waals surface area contributed by atoms with Gasteiger partial charge in [-0.15, -0.1) is 5.11 Å². The van der Waals surface area contributed by atoms with Crippen molar-refractivity contribution < 1.29 is 28.8 Å². The number of aliphatic imine (C=N–C) groups is 1. The number of ether oxygens (including phenoxy) is 4. The lowest BCUT2D eigenvalue weighted by Crippen LogP contribution is -2.08. The third kappa shape index (κ3) is 7.20. The van der Waals surface area contributed by atoms with E-state index in [4.69, 9.17) is 18.9 Å². The van der Waals surface area contributed by atoms with Crippen LogP contribution in [-0.2, 0) is 0 Å². The summed E-state index contributed by atoms with van der Waals surface area (Å²) in [7, 11) is 3.04. The van der Waals surface area contributed by atoms with E-state index in [9.17, 15) is 9.90 Å². The van der Waals surface area contributed by atoms with Gasteiger partial charge in [-0.1, -0.05) is 0 Å². The van der Waals surface area contributed by atoms with Crippen molar-refractivity contribution in [2.45, 2.75) is 6.92 Å². The van der Waals surface area contributed by atoms with E-state index in [1.54, 1.807) is 85.1 Å². The highest BCUT2D eigenvalue weighted by Gasteiger charge is 2.12. The van der Waals surface area contributed by atoms with Crippen molar-refractivity contribution >= 4 is 29.2 Å². The minimum absolute atomic E-state index is 0.0782. The van der Waals surface area contributed by atoms with Crippen LogP contribution in [-0.4, -0.2) is 38.1 Å². The SMILES string of the molecule is CCOc1ccc(C(=O)Oc2ccc(N=Nc3ccc(N=Cc4ccc(OC)cc4O)cc3)c(OC)c2)cc1. The molecular formula is C30H27N3O6. The number of hydrogen-bond acceptors (Lipinski definition) is 9. The summed E-state index contributed by atoms with van der Waals surface area (Å²) in [5.74, 6) is 1.54. The summed E-state index contributed by atoms with van der Waals surface area (Å²) in [5.41, 5.74) is 2.72. The Balaban J connectivity index is 1.40. The van der Waals surface area contributed by atoms with Gasteiger partial charge in [0, 0.05) is 23.9 Å². The Morgan fingerprint density at radius 3 is 2.15 bits per heavy atom. The number of azo groups is 1. The van der Waals surface area contributed by atoms with Gasteiger partial charge in [0.1, 0.15) is 34.4 Å². The number of phenols is 1. The van der Waals surface area contributed by atoms with Gasteiger partial charge in [0.2, 0.25) is 0 Å². The van der Waals surface area contributed by atoms with Gasteiger partial charge in [-0.25, -0.2) is 4.79 Å². The van der Waals surface area contributed by atoms with E-state index in [1.807, 2.05) is 6.92 Å². The number of benzene rings is 4. The van der Waals surface area contributed by atoms with Crippen molar-refractivity contribution in [1.29, 1.82) is 0 Å². The molecule has 39 heavy (non-hydrogen) atoms. The summed E-state index contributed by atoms with van der Waals surface area (Å²) >= 11 is 0. The molecule has 0 aliphatic rings. The second-order valence-corrected chi connectivity index (χ2v) is 8.08. The second-order valence-electron chi connectivity index (χ2n) is 8.08. The largest absolute Gasteiger partial charge is 0.507 e. The zero-order valence-corrected chi connectivity index (χ0v) is 21.7. The third-order valence-electron chi connectivity index (χ3n) is 5.48. The number of aromatic hydroxyl groups is 1. The molecule has 4 rings (SSSR count). The minimum atomic E-state index is -0.501. The highest BCUT2D eigenvalue weighted by Crippen LogP contribution is 2.33. The lowest BCUT2D eigenvalue weighted by Gasteiger charge is -2.09. The monoisotopic (exact) mass is 525 g/mol. The van der Waals surface area contributed by atoms with Crippen LogP contribution in [0.15, 0.2) is 100 Å². The van der Waals surface area contributed by atoms with Crippen molar-refractivity contribution in [3.8, 4) is 28.7 Å². The van der Waals surface area contributed by atoms with E-state index in [1.165, 1.54) is 20.3 Å². The van der Waals surface area contributed by atoms with E-state index in [0.717, 1.165) is 0 Å². The zero-order chi connectivity index (χ0) is 27.6. The summed E-state index contributed by atoms with van der Waals surface area (Å²) in [5, 5.41) is 18.6. The average Bonchev–Trinajstić information content (AvgIpc) is 2.96. The number of carbonyl (C=O) groups is 1. The molecule has 4 aromatic rings. The van der Waals surface area contributed by atoms with Crippen LogP contribution in [0, 0.1) is 0 Å². The Hall–Kier alpha value is -5.18. The summed E-state index contributed by atoms with van der Waals surface area (Å²) in [6.07, 6.45) is 1.57. The quantitative estimate of drug-likeness (QED) is 0.101. The van der Waals surface area contributed by atoms with Gasteiger partial charge >= 0.3 is 5.97 Å². The van der Waals surface area contributed by atoms with E-state index in [2.05, 4.69) is 15.2 Å². The molecule has 9 heteroatoms. The summed E-state index contributed by atoms with van der Waals surface area (Å²) in [6, 6.07) is 23.7. The number of carbonyl (C=O) groups excluding carboxylic acids is 1. The number of methoxy groups -OCH3 is 2. The summed E-state index contributed by atoms with van der Waals surface area (Å²) in [6.45, 7) is 2.44.